The molecule has 1 rings (SSSR count). The Morgan fingerprint density at radius 1 is 1.21 bits per heavy atom. The Labute approximate surface area is 91.9 Å². The van der Waals surface area contributed by atoms with Crippen molar-refractivity contribution in [3.05, 3.63) is 11.1 Å². The van der Waals surface area contributed by atoms with Crippen LogP contribution >= 0.6 is 17.7 Å². The van der Waals surface area contributed by atoms with Gasteiger partial charge in [0.2, 0.25) is 0 Å². The Kier molecular flexibility index (Phi) is 4.79. The van der Waals surface area contributed by atoms with Crippen LogP contribution in [0.2, 0.25) is 0 Å². The van der Waals surface area contributed by atoms with Crippen molar-refractivity contribution in [2.75, 3.05) is 18.1 Å². The van der Waals surface area contributed by atoms with E-state index in [1.165, 1.54) is 30.4 Å². The lowest BCUT2D eigenvalue weighted by atomic mass is 10.2. The molecule has 82 valence electrons. The highest BCUT2D eigenvalue weighted by atomic mass is 32.7. The fourth-order valence-electron chi connectivity index (χ4n) is 1.72. The van der Waals surface area contributed by atoms with Crippen molar-refractivity contribution >= 4 is 17.7 Å². The molecule has 0 atom stereocenters. The van der Waals surface area contributed by atoms with Crippen molar-refractivity contribution in [1.82, 2.24) is 0 Å². The van der Waals surface area contributed by atoms with Gasteiger partial charge in [0, 0.05) is 18.1 Å². The van der Waals surface area contributed by atoms with E-state index >= 15 is 0 Å². The molecule has 0 saturated carbocycles. The number of allylic oxidation sites excluding steroid dienone is 2. The smallest absolute Gasteiger partial charge is 0.146 e. The summed E-state index contributed by atoms with van der Waals surface area (Å²) in [6.07, 6.45) is 3.61. The van der Waals surface area contributed by atoms with Gasteiger partial charge in [-0.2, -0.15) is 0 Å². The van der Waals surface area contributed by atoms with Crippen molar-refractivity contribution in [3.63, 3.8) is 0 Å². The predicted octanol–water partition coefficient (Wildman–Crippen LogP) is 4.54. The molecule has 1 heterocycles. The molecule has 0 radical (unpaired) electrons. The monoisotopic (exact) mass is 232 g/mol. The third-order valence-corrected chi connectivity index (χ3v) is 8.35. The first-order valence-corrected chi connectivity index (χ1v) is 9.12. The molecule has 1 aliphatic heterocycles. The second-order valence-corrected chi connectivity index (χ2v) is 9.93. The number of unbranched alkanes of at least 4 members (excludes halogenated alkanes) is 2. The van der Waals surface area contributed by atoms with Gasteiger partial charge in [0.05, 0.1) is 0 Å². The summed E-state index contributed by atoms with van der Waals surface area (Å²) >= 11 is 1.75. The Hall–Kier alpha value is 0.320. The van der Waals surface area contributed by atoms with E-state index in [1.807, 2.05) is 0 Å². The van der Waals surface area contributed by atoms with Gasteiger partial charge in [-0.15, -0.1) is 0 Å². The number of hydrogen-bond donors (Lipinski definition) is 0. The first kappa shape index (κ1) is 12.4. The highest BCUT2D eigenvalue weighted by molar-refractivity contribution is 8.58. The maximum Gasteiger partial charge on any atom is 0.146 e. The Balaban J connectivity index is 2.30. The minimum atomic E-state index is -1.88. The van der Waals surface area contributed by atoms with E-state index in [1.54, 1.807) is 11.4 Å². The summed E-state index contributed by atoms with van der Waals surface area (Å²) < 4.78 is 12.3. The lowest BCUT2D eigenvalue weighted by Crippen LogP contribution is -1.85. The highest BCUT2D eigenvalue weighted by Crippen LogP contribution is 2.64. The van der Waals surface area contributed by atoms with Gasteiger partial charge in [-0.3, -0.25) is 0 Å². The average molecular weight is 232 g/mol. The molecule has 0 aromatic carbocycles. The van der Waals surface area contributed by atoms with Gasteiger partial charge in [0.1, 0.15) is 6.34 Å². The van der Waals surface area contributed by atoms with Gasteiger partial charge in [0.15, 0.2) is 0 Å². The van der Waals surface area contributed by atoms with Crippen LogP contribution in [0.25, 0.3) is 0 Å². The Morgan fingerprint density at radius 2 is 1.79 bits per heavy atom. The zero-order valence-electron chi connectivity index (χ0n) is 9.51. The van der Waals surface area contributed by atoms with Gasteiger partial charge < -0.3 is 4.57 Å². The second kappa shape index (κ2) is 5.42. The molecule has 0 bridgehead atoms. The largest absolute Gasteiger partial charge is 0.311 e. The average Bonchev–Trinajstić information content (AvgIpc) is 2.36. The van der Waals surface area contributed by atoms with Crippen LogP contribution in [0.3, 0.4) is 0 Å². The summed E-state index contributed by atoms with van der Waals surface area (Å²) in [5.74, 6) is 1.09. The van der Waals surface area contributed by atoms with Gasteiger partial charge in [-0.1, -0.05) is 42.3 Å². The number of hydrogen-bond acceptors (Lipinski definition) is 2. The lowest BCUT2D eigenvalue weighted by Gasteiger charge is -2.10. The summed E-state index contributed by atoms with van der Waals surface area (Å²) in [5, 5.41) is 0. The molecule has 3 heteroatoms. The van der Waals surface area contributed by atoms with Crippen molar-refractivity contribution in [3.8, 4) is 0 Å². The summed E-state index contributed by atoms with van der Waals surface area (Å²) in [4.78, 5) is 0. The highest BCUT2D eigenvalue weighted by Gasteiger charge is 2.29. The van der Waals surface area contributed by atoms with Gasteiger partial charge in [0.25, 0.3) is 0 Å². The minimum absolute atomic E-state index is 0.871. The lowest BCUT2D eigenvalue weighted by molar-refractivity contribution is 0.588. The van der Waals surface area contributed by atoms with E-state index in [0.717, 1.165) is 18.1 Å². The summed E-state index contributed by atoms with van der Waals surface area (Å²) in [7, 11) is 0. The first-order valence-electron chi connectivity index (χ1n) is 5.45. The molecule has 0 saturated heterocycles. The van der Waals surface area contributed by atoms with Crippen molar-refractivity contribution in [1.29, 1.82) is 0 Å². The first-order chi connectivity index (χ1) is 6.57. The molecule has 0 N–H and O–H groups in total. The maximum atomic E-state index is 12.3. The molecule has 0 spiro atoms. The fraction of sp³-hybridized carbons (Fsp3) is 0.818. The van der Waals surface area contributed by atoms with E-state index in [9.17, 15) is 4.57 Å². The quantitative estimate of drug-likeness (QED) is 0.393. The second-order valence-electron chi connectivity index (χ2n) is 4.23. The van der Waals surface area contributed by atoms with Crippen molar-refractivity contribution in [2.45, 2.75) is 40.0 Å². The van der Waals surface area contributed by atoms with Gasteiger partial charge in [-0.25, -0.2) is 0 Å². The minimum Gasteiger partial charge on any atom is -0.311 e. The van der Waals surface area contributed by atoms with Crippen LogP contribution in [-0.2, 0) is 4.57 Å². The SMILES string of the molecule is CCCCCSP1(=O)CC(C)=C(C)C1. The summed E-state index contributed by atoms with van der Waals surface area (Å²) in [6.45, 7) is 6.46. The van der Waals surface area contributed by atoms with Crippen LogP contribution in [0, 0.1) is 0 Å². The van der Waals surface area contributed by atoms with E-state index in [4.69, 9.17) is 0 Å². The van der Waals surface area contributed by atoms with Gasteiger partial charge >= 0.3 is 0 Å². The topological polar surface area (TPSA) is 17.1 Å². The third kappa shape index (κ3) is 3.47. The molecule has 1 aliphatic rings. The van der Waals surface area contributed by atoms with Crippen LogP contribution in [0.15, 0.2) is 11.1 Å². The third-order valence-electron chi connectivity index (χ3n) is 2.76. The van der Waals surface area contributed by atoms with Crippen LogP contribution in [0.5, 0.6) is 0 Å². The predicted molar refractivity (Wildman–Crippen MR) is 67.7 cm³/mol. The molecule has 14 heavy (non-hydrogen) atoms. The Bertz CT molecular complexity index is 252. The molecule has 0 aromatic rings. The molecular weight excluding hydrogens is 211 g/mol. The molecule has 0 unspecified atom stereocenters. The summed E-state index contributed by atoms with van der Waals surface area (Å²) in [6, 6.07) is 0. The molecular formula is C11H21OPS. The Morgan fingerprint density at radius 3 is 2.29 bits per heavy atom. The molecule has 0 fully saturated rings. The van der Waals surface area contributed by atoms with Crippen LogP contribution < -0.4 is 0 Å². The molecule has 0 aromatic heterocycles. The zero-order valence-corrected chi connectivity index (χ0v) is 11.2. The number of rotatable bonds is 5. The van der Waals surface area contributed by atoms with Gasteiger partial charge in [-0.05, 0) is 20.3 Å². The molecule has 0 amide bonds. The van der Waals surface area contributed by atoms with E-state index in [0.29, 0.717) is 0 Å². The van der Waals surface area contributed by atoms with E-state index < -0.39 is 6.34 Å². The van der Waals surface area contributed by atoms with E-state index in [2.05, 4.69) is 20.8 Å². The van der Waals surface area contributed by atoms with Crippen molar-refractivity contribution in [2.24, 2.45) is 0 Å². The van der Waals surface area contributed by atoms with Crippen LogP contribution in [0.4, 0.5) is 0 Å². The normalized spacial score (nSPS) is 20.5. The molecule has 1 nitrogen and oxygen atoms in total. The summed E-state index contributed by atoms with van der Waals surface area (Å²) in [5.41, 5.74) is 2.74. The van der Waals surface area contributed by atoms with Crippen LogP contribution in [0.1, 0.15) is 40.0 Å². The maximum absolute atomic E-state index is 12.3. The standard InChI is InChI=1S/C11H21OPS/c1-4-5-6-7-14-13(12)8-10(2)11(3)9-13/h4-9H2,1-3H3. The van der Waals surface area contributed by atoms with Crippen molar-refractivity contribution < 1.29 is 4.57 Å². The zero-order chi connectivity index (χ0) is 10.6. The van der Waals surface area contributed by atoms with Crippen LogP contribution in [-0.4, -0.2) is 18.1 Å². The molecule has 0 aliphatic carbocycles. The fourth-order valence-corrected chi connectivity index (χ4v) is 7.76. The van der Waals surface area contributed by atoms with E-state index in [-0.39, 0.29) is 0 Å².